The Morgan fingerprint density at radius 2 is 1.29 bits per heavy atom. The lowest BCUT2D eigenvalue weighted by molar-refractivity contribution is 0.0626. The molecule has 0 radical (unpaired) electrons. The van der Waals surface area contributed by atoms with E-state index in [0.29, 0.717) is 16.5 Å². The summed E-state index contributed by atoms with van der Waals surface area (Å²) < 4.78 is 16.0. The van der Waals surface area contributed by atoms with Crippen LogP contribution in [0.15, 0.2) is 48.5 Å². The van der Waals surface area contributed by atoms with Crippen LogP contribution in [0.3, 0.4) is 0 Å². The third-order valence-electron chi connectivity index (χ3n) is 2.76. The van der Waals surface area contributed by atoms with Gasteiger partial charge in [0.2, 0.25) is 0 Å². The molecule has 0 aliphatic rings. The summed E-state index contributed by atoms with van der Waals surface area (Å²) in [6.07, 6.45) is -0.720. The number of aliphatic hydroxyl groups excluding tert-OH is 1. The van der Waals surface area contributed by atoms with E-state index in [-0.39, 0.29) is 13.2 Å². The van der Waals surface area contributed by atoms with Crippen molar-refractivity contribution in [3.8, 4) is 17.2 Å². The zero-order valence-electron chi connectivity index (χ0n) is 11.7. The van der Waals surface area contributed by atoms with Crippen molar-refractivity contribution in [1.82, 2.24) is 0 Å². The molecule has 4 nitrogen and oxygen atoms in total. The molecule has 0 aliphatic heterocycles. The minimum Gasteiger partial charge on any atom is -0.497 e. The van der Waals surface area contributed by atoms with Gasteiger partial charge in [-0.05, 0) is 48.5 Å². The Morgan fingerprint density at radius 1 is 0.857 bits per heavy atom. The van der Waals surface area contributed by atoms with Crippen LogP contribution in [0.2, 0.25) is 5.02 Å². The van der Waals surface area contributed by atoms with E-state index in [1.54, 1.807) is 55.6 Å². The van der Waals surface area contributed by atoms with Crippen LogP contribution in [0.5, 0.6) is 17.2 Å². The van der Waals surface area contributed by atoms with Crippen LogP contribution in [0.4, 0.5) is 0 Å². The van der Waals surface area contributed by atoms with Gasteiger partial charge in [-0.1, -0.05) is 11.6 Å². The Morgan fingerprint density at radius 3 is 1.76 bits per heavy atom. The number of methoxy groups -OCH3 is 1. The minimum atomic E-state index is -0.720. The van der Waals surface area contributed by atoms with E-state index in [9.17, 15) is 5.11 Å². The highest BCUT2D eigenvalue weighted by molar-refractivity contribution is 6.30. The van der Waals surface area contributed by atoms with Gasteiger partial charge >= 0.3 is 0 Å². The molecule has 112 valence electrons. The Hall–Kier alpha value is -1.91. The molecule has 2 aromatic carbocycles. The molecule has 0 bridgehead atoms. The third-order valence-corrected chi connectivity index (χ3v) is 3.01. The molecule has 0 heterocycles. The largest absolute Gasteiger partial charge is 0.497 e. The van der Waals surface area contributed by atoms with Gasteiger partial charge in [0.05, 0.1) is 7.11 Å². The second-order valence-electron chi connectivity index (χ2n) is 4.41. The zero-order chi connectivity index (χ0) is 15.1. The van der Waals surface area contributed by atoms with Crippen molar-refractivity contribution in [1.29, 1.82) is 0 Å². The van der Waals surface area contributed by atoms with Gasteiger partial charge in [0.15, 0.2) is 0 Å². The van der Waals surface area contributed by atoms with Gasteiger partial charge in [0.25, 0.3) is 0 Å². The molecule has 5 heteroatoms. The van der Waals surface area contributed by atoms with Crippen molar-refractivity contribution >= 4 is 11.6 Å². The molecule has 1 N–H and O–H groups in total. The van der Waals surface area contributed by atoms with Gasteiger partial charge in [-0.15, -0.1) is 0 Å². The van der Waals surface area contributed by atoms with Crippen LogP contribution in [-0.4, -0.2) is 31.5 Å². The van der Waals surface area contributed by atoms with Crippen LogP contribution in [-0.2, 0) is 0 Å². The molecular weight excluding hydrogens is 292 g/mol. The minimum absolute atomic E-state index is 0.151. The van der Waals surface area contributed by atoms with Gasteiger partial charge in [-0.25, -0.2) is 0 Å². The summed E-state index contributed by atoms with van der Waals surface area (Å²) in [5, 5.41) is 10.5. The Bertz CT molecular complexity index is 539. The molecule has 1 atom stereocenters. The average molecular weight is 309 g/mol. The molecule has 0 amide bonds. The molecule has 1 unspecified atom stereocenters. The number of hydrogen-bond acceptors (Lipinski definition) is 4. The van der Waals surface area contributed by atoms with Crippen LogP contribution in [0, 0.1) is 0 Å². The maximum absolute atomic E-state index is 9.83. The van der Waals surface area contributed by atoms with E-state index >= 15 is 0 Å². The second kappa shape index (κ2) is 7.76. The zero-order valence-corrected chi connectivity index (χ0v) is 12.4. The first-order valence-electron chi connectivity index (χ1n) is 6.50. The van der Waals surface area contributed by atoms with Crippen molar-refractivity contribution in [2.24, 2.45) is 0 Å². The first-order valence-corrected chi connectivity index (χ1v) is 6.88. The van der Waals surface area contributed by atoms with Crippen molar-refractivity contribution in [2.75, 3.05) is 20.3 Å². The summed E-state index contributed by atoms with van der Waals surface area (Å²) >= 11 is 5.78. The molecule has 0 saturated carbocycles. The number of ether oxygens (including phenoxy) is 3. The van der Waals surface area contributed by atoms with Crippen molar-refractivity contribution in [2.45, 2.75) is 6.10 Å². The number of hydrogen-bond donors (Lipinski definition) is 1. The molecule has 0 saturated heterocycles. The smallest absolute Gasteiger partial charge is 0.122 e. The maximum atomic E-state index is 9.83. The van der Waals surface area contributed by atoms with E-state index in [2.05, 4.69) is 0 Å². The van der Waals surface area contributed by atoms with E-state index in [0.717, 1.165) is 5.75 Å². The number of benzene rings is 2. The predicted molar refractivity (Wildman–Crippen MR) is 81.4 cm³/mol. The highest BCUT2D eigenvalue weighted by atomic mass is 35.5. The summed E-state index contributed by atoms with van der Waals surface area (Å²) in [6.45, 7) is 0.303. The number of aliphatic hydroxyl groups is 1. The monoisotopic (exact) mass is 308 g/mol. The second-order valence-corrected chi connectivity index (χ2v) is 4.84. The summed E-state index contributed by atoms with van der Waals surface area (Å²) in [4.78, 5) is 0. The maximum Gasteiger partial charge on any atom is 0.122 e. The number of rotatable bonds is 7. The Labute approximate surface area is 128 Å². The van der Waals surface area contributed by atoms with Crippen LogP contribution in [0.25, 0.3) is 0 Å². The van der Waals surface area contributed by atoms with Crippen molar-refractivity contribution in [3.05, 3.63) is 53.6 Å². The fraction of sp³-hybridized carbons (Fsp3) is 0.250. The normalized spacial score (nSPS) is 11.8. The Kier molecular flexibility index (Phi) is 5.72. The lowest BCUT2D eigenvalue weighted by Gasteiger charge is -2.13. The third kappa shape index (κ3) is 5.17. The molecular formula is C16H17ClO4. The first-order chi connectivity index (χ1) is 10.2. The molecule has 2 aromatic rings. The van der Waals surface area contributed by atoms with E-state index < -0.39 is 6.10 Å². The lowest BCUT2D eigenvalue weighted by Crippen LogP contribution is -2.25. The molecule has 21 heavy (non-hydrogen) atoms. The summed E-state index contributed by atoms with van der Waals surface area (Å²) in [5.74, 6) is 2.08. The predicted octanol–water partition coefficient (Wildman–Crippen LogP) is 3.17. The topological polar surface area (TPSA) is 47.9 Å². The van der Waals surface area contributed by atoms with E-state index in [4.69, 9.17) is 25.8 Å². The lowest BCUT2D eigenvalue weighted by atomic mass is 10.3. The summed E-state index contributed by atoms with van der Waals surface area (Å²) in [6, 6.07) is 14.1. The van der Waals surface area contributed by atoms with Gasteiger partial charge < -0.3 is 19.3 Å². The fourth-order valence-electron chi connectivity index (χ4n) is 1.64. The Balaban J connectivity index is 1.73. The van der Waals surface area contributed by atoms with Crippen LogP contribution < -0.4 is 14.2 Å². The highest BCUT2D eigenvalue weighted by Crippen LogP contribution is 2.18. The van der Waals surface area contributed by atoms with E-state index in [1.165, 1.54) is 0 Å². The van der Waals surface area contributed by atoms with Crippen LogP contribution >= 0.6 is 11.6 Å². The summed E-state index contributed by atoms with van der Waals surface area (Å²) in [5.41, 5.74) is 0. The highest BCUT2D eigenvalue weighted by Gasteiger charge is 2.07. The standard InChI is InChI=1S/C16H17ClO4/c1-19-14-6-8-16(9-7-14)21-11-13(18)10-20-15-4-2-12(17)3-5-15/h2-9,13,18H,10-11H2,1H3. The molecule has 2 rings (SSSR count). The fourth-order valence-corrected chi connectivity index (χ4v) is 1.76. The van der Waals surface area contributed by atoms with Gasteiger partial charge in [0, 0.05) is 5.02 Å². The summed E-state index contributed by atoms with van der Waals surface area (Å²) in [7, 11) is 1.60. The number of halogens is 1. The quantitative estimate of drug-likeness (QED) is 0.853. The first kappa shape index (κ1) is 15.5. The van der Waals surface area contributed by atoms with Crippen molar-refractivity contribution < 1.29 is 19.3 Å². The molecule has 0 fully saturated rings. The van der Waals surface area contributed by atoms with Gasteiger partial charge in [-0.3, -0.25) is 0 Å². The molecule has 0 spiro atoms. The molecule has 0 aliphatic carbocycles. The molecule has 0 aromatic heterocycles. The van der Waals surface area contributed by atoms with Gasteiger partial charge in [-0.2, -0.15) is 0 Å². The average Bonchev–Trinajstić information content (AvgIpc) is 2.53. The van der Waals surface area contributed by atoms with Gasteiger partial charge in [0.1, 0.15) is 36.6 Å². The van der Waals surface area contributed by atoms with E-state index in [1.807, 2.05) is 0 Å². The SMILES string of the molecule is COc1ccc(OCC(O)COc2ccc(Cl)cc2)cc1. The van der Waals surface area contributed by atoms with Crippen LogP contribution in [0.1, 0.15) is 0 Å². The van der Waals surface area contributed by atoms with Crippen molar-refractivity contribution in [3.63, 3.8) is 0 Å².